The van der Waals surface area contributed by atoms with Gasteiger partial charge in [-0.2, -0.15) is 0 Å². The number of nitrogens with zero attached hydrogens (tertiary/aromatic N) is 1. The summed E-state index contributed by atoms with van der Waals surface area (Å²) in [6, 6.07) is 2.12. The lowest BCUT2D eigenvalue weighted by molar-refractivity contribution is 0.0114. The standard InChI is InChI=1S/C18H21F2NO3/c1-17(2,3)24-16(23)21-6-4-18(5-7-21)10-11-8-13(19)14(20)9-12(11)15(18)22/h8-9H,4-7,10H2,1-3H3. The third-order valence-electron chi connectivity index (χ3n) is 4.77. The fraction of sp³-hybridized carbons (Fsp3) is 0.556. The van der Waals surface area contributed by atoms with E-state index in [4.69, 9.17) is 4.74 Å². The van der Waals surface area contributed by atoms with Gasteiger partial charge in [0, 0.05) is 24.1 Å². The number of ketones is 1. The molecule has 0 N–H and O–H groups in total. The van der Waals surface area contributed by atoms with Crippen LogP contribution in [-0.2, 0) is 11.2 Å². The summed E-state index contributed by atoms with van der Waals surface area (Å²) in [4.78, 5) is 26.4. The number of fused-ring (bicyclic) bond motifs is 1. The van der Waals surface area contributed by atoms with Gasteiger partial charge < -0.3 is 9.64 Å². The minimum Gasteiger partial charge on any atom is -0.444 e. The molecule has 0 atom stereocenters. The lowest BCUT2D eigenvalue weighted by Gasteiger charge is -2.38. The molecule has 0 unspecified atom stereocenters. The fourth-order valence-corrected chi connectivity index (χ4v) is 3.52. The number of benzene rings is 1. The first-order chi connectivity index (χ1) is 11.1. The first-order valence-corrected chi connectivity index (χ1v) is 8.12. The highest BCUT2D eigenvalue weighted by Gasteiger charge is 2.48. The Morgan fingerprint density at radius 3 is 2.33 bits per heavy atom. The quantitative estimate of drug-likeness (QED) is 0.725. The average molecular weight is 337 g/mol. The molecule has 2 aliphatic rings. The molecule has 1 saturated heterocycles. The van der Waals surface area contributed by atoms with Crippen molar-refractivity contribution < 1.29 is 23.1 Å². The Balaban J connectivity index is 1.73. The Hall–Kier alpha value is -1.98. The van der Waals surface area contributed by atoms with Crippen molar-refractivity contribution in [1.29, 1.82) is 0 Å². The predicted octanol–water partition coefficient (Wildman–Crippen LogP) is 3.72. The number of amides is 1. The van der Waals surface area contributed by atoms with Crippen molar-refractivity contribution in [2.45, 2.75) is 45.6 Å². The SMILES string of the molecule is CC(C)(C)OC(=O)N1CCC2(CC1)Cc1cc(F)c(F)cc1C2=O. The lowest BCUT2D eigenvalue weighted by atomic mass is 9.75. The average Bonchev–Trinajstić information content (AvgIpc) is 2.72. The van der Waals surface area contributed by atoms with Gasteiger partial charge in [-0.1, -0.05) is 0 Å². The molecule has 1 amide bonds. The molecule has 6 heteroatoms. The summed E-state index contributed by atoms with van der Waals surface area (Å²) in [7, 11) is 0. The number of piperidine rings is 1. The Kier molecular flexibility index (Phi) is 3.89. The van der Waals surface area contributed by atoms with Gasteiger partial charge in [0.05, 0.1) is 0 Å². The molecular weight excluding hydrogens is 316 g/mol. The minimum atomic E-state index is -0.995. The van der Waals surface area contributed by atoms with Crippen LogP contribution in [0.1, 0.15) is 49.5 Å². The number of halogens is 2. The Bertz CT molecular complexity index is 701. The fourth-order valence-electron chi connectivity index (χ4n) is 3.52. The summed E-state index contributed by atoms with van der Waals surface area (Å²) in [6.45, 7) is 6.21. The van der Waals surface area contributed by atoms with Crippen molar-refractivity contribution in [2.24, 2.45) is 5.41 Å². The van der Waals surface area contributed by atoms with Gasteiger partial charge >= 0.3 is 6.09 Å². The van der Waals surface area contributed by atoms with E-state index >= 15 is 0 Å². The first-order valence-electron chi connectivity index (χ1n) is 8.12. The van der Waals surface area contributed by atoms with Crippen LogP contribution < -0.4 is 0 Å². The molecule has 1 spiro atoms. The van der Waals surface area contributed by atoms with Crippen LogP contribution in [0, 0.1) is 17.0 Å². The van der Waals surface area contributed by atoms with Gasteiger partial charge in [0.2, 0.25) is 0 Å². The van der Waals surface area contributed by atoms with Crippen molar-refractivity contribution >= 4 is 11.9 Å². The van der Waals surface area contributed by atoms with Crippen molar-refractivity contribution in [3.05, 3.63) is 34.9 Å². The number of hydrogen-bond acceptors (Lipinski definition) is 3. The number of carbonyl (C=O) groups excluding carboxylic acids is 2. The molecule has 1 heterocycles. The van der Waals surface area contributed by atoms with E-state index in [1.165, 1.54) is 0 Å². The maximum absolute atomic E-state index is 13.4. The van der Waals surface area contributed by atoms with Crippen LogP contribution in [0.2, 0.25) is 0 Å². The predicted molar refractivity (Wildman–Crippen MR) is 83.9 cm³/mol. The third-order valence-corrected chi connectivity index (χ3v) is 4.77. The molecule has 1 aliphatic carbocycles. The Morgan fingerprint density at radius 1 is 1.17 bits per heavy atom. The number of likely N-dealkylation sites (tertiary alicyclic amines) is 1. The zero-order chi connectivity index (χ0) is 17.7. The van der Waals surface area contributed by atoms with Gasteiger partial charge in [0.1, 0.15) is 5.60 Å². The maximum atomic E-state index is 13.4. The van der Waals surface area contributed by atoms with Crippen molar-refractivity contribution in [1.82, 2.24) is 4.90 Å². The van der Waals surface area contributed by atoms with E-state index in [0.717, 1.165) is 12.1 Å². The molecule has 24 heavy (non-hydrogen) atoms. The lowest BCUT2D eigenvalue weighted by Crippen LogP contribution is -2.47. The second kappa shape index (κ2) is 5.53. The van der Waals surface area contributed by atoms with E-state index in [1.54, 1.807) is 25.7 Å². The molecule has 0 aromatic heterocycles. The van der Waals surface area contributed by atoms with E-state index in [-0.39, 0.29) is 11.3 Å². The summed E-state index contributed by atoms with van der Waals surface area (Å²) < 4.78 is 32.2. The van der Waals surface area contributed by atoms with Crippen LogP contribution in [0.3, 0.4) is 0 Å². The number of carbonyl (C=O) groups is 2. The molecule has 130 valence electrons. The van der Waals surface area contributed by atoms with E-state index < -0.39 is 28.7 Å². The maximum Gasteiger partial charge on any atom is 0.410 e. The van der Waals surface area contributed by atoms with Crippen LogP contribution in [0.5, 0.6) is 0 Å². The van der Waals surface area contributed by atoms with E-state index in [2.05, 4.69) is 0 Å². The number of ether oxygens (including phenoxy) is 1. The smallest absolute Gasteiger partial charge is 0.410 e. The van der Waals surface area contributed by atoms with Gasteiger partial charge in [0.15, 0.2) is 17.4 Å². The van der Waals surface area contributed by atoms with Crippen molar-refractivity contribution in [3.8, 4) is 0 Å². The Labute approximate surface area is 139 Å². The topological polar surface area (TPSA) is 46.6 Å². The second-order valence-corrected chi connectivity index (χ2v) is 7.68. The molecule has 1 fully saturated rings. The summed E-state index contributed by atoms with van der Waals surface area (Å²) in [5.74, 6) is -2.06. The van der Waals surface area contributed by atoms with Crippen molar-refractivity contribution in [2.75, 3.05) is 13.1 Å². The minimum absolute atomic E-state index is 0.139. The van der Waals surface area contributed by atoms with Crippen LogP contribution in [0.15, 0.2) is 12.1 Å². The van der Waals surface area contributed by atoms with Gasteiger partial charge in [-0.25, -0.2) is 13.6 Å². The molecule has 3 rings (SSSR count). The van der Waals surface area contributed by atoms with Crippen LogP contribution >= 0.6 is 0 Å². The molecule has 0 bridgehead atoms. The molecule has 1 aromatic rings. The third kappa shape index (κ3) is 2.89. The number of Topliss-reactive ketones (excluding diaryl/α,β-unsaturated/α-hetero) is 1. The zero-order valence-corrected chi connectivity index (χ0v) is 14.1. The highest BCUT2D eigenvalue weighted by Crippen LogP contribution is 2.45. The molecular formula is C18H21F2NO3. The van der Waals surface area contributed by atoms with E-state index in [9.17, 15) is 18.4 Å². The largest absolute Gasteiger partial charge is 0.444 e. The van der Waals surface area contributed by atoms with Gasteiger partial charge in [-0.15, -0.1) is 0 Å². The molecule has 0 saturated carbocycles. The van der Waals surface area contributed by atoms with Crippen LogP contribution in [0.4, 0.5) is 13.6 Å². The van der Waals surface area contributed by atoms with Gasteiger partial charge in [0.25, 0.3) is 0 Å². The first kappa shape index (κ1) is 16.9. The molecule has 4 nitrogen and oxygen atoms in total. The molecule has 0 radical (unpaired) electrons. The Morgan fingerprint density at radius 2 is 1.75 bits per heavy atom. The molecule has 1 aromatic carbocycles. The zero-order valence-electron chi connectivity index (χ0n) is 14.1. The van der Waals surface area contributed by atoms with Gasteiger partial charge in [-0.3, -0.25) is 4.79 Å². The molecule has 1 aliphatic heterocycles. The highest BCUT2D eigenvalue weighted by molar-refractivity contribution is 6.05. The summed E-state index contributed by atoms with van der Waals surface area (Å²) >= 11 is 0. The van der Waals surface area contributed by atoms with Crippen LogP contribution in [0.25, 0.3) is 0 Å². The van der Waals surface area contributed by atoms with Crippen LogP contribution in [-0.4, -0.2) is 35.5 Å². The second-order valence-electron chi connectivity index (χ2n) is 7.68. The normalized spacial score (nSPS) is 19.5. The summed E-state index contributed by atoms with van der Waals surface area (Å²) in [5, 5.41) is 0. The monoisotopic (exact) mass is 337 g/mol. The highest BCUT2D eigenvalue weighted by atomic mass is 19.2. The summed E-state index contributed by atoms with van der Waals surface area (Å²) in [5.41, 5.74) is -0.383. The number of hydrogen-bond donors (Lipinski definition) is 0. The van der Waals surface area contributed by atoms with E-state index in [0.29, 0.717) is 37.9 Å². The number of rotatable bonds is 0. The van der Waals surface area contributed by atoms with Gasteiger partial charge in [-0.05, 0) is 57.7 Å². The van der Waals surface area contributed by atoms with Crippen molar-refractivity contribution in [3.63, 3.8) is 0 Å². The summed E-state index contributed by atoms with van der Waals surface area (Å²) in [6.07, 6.45) is 0.962. The van der Waals surface area contributed by atoms with E-state index in [1.807, 2.05) is 0 Å².